The van der Waals surface area contributed by atoms with Gasteiger partial charge >= 0.3 is 0 Å². The van der Waals surface area contributed by atoms with Crippen LogP contribution in [0.2, 0.25) is 0 Å². The number of nitrogens with one attached hydrogen (secondary N) is 1. The van der Waals surface area contributed by atoms with Crippen LogP contribution in [0.1, 0.15) is 39.5 Å². The van der Waals surface area contributed by atoms with E-state index in [1.165, 1.54) is 25.7 Å². The van der Waals surface area contributed by atoms with E-state index in [4.69, 9.17) is 4.74 Å². The van der Waals surface area contributed by atoms with Crippen molar-refractivity contribution >= 4 is 5.69 Å². The first-order valence-corrected chi connectivity index (χ1v) is 6.07. The minimum Gasteiger partial charge on any atom is -0.480 e. The summed E-state index contributed by atoms with van der Waals surface area (Å²) in [6.45, 7) is 4.43. The fourth-order valence-electron chi connectivity index (χ4n) is 1.87. The van der Waals surface area contributed by atoms with Crippen molar-refractivity contribution in [2.24, 2.45) is 0 Å². The maximum absolute atomic E-state index is 5.23. The highest BCUT2D eigenvalue weighted by atomic mass is 16.5. The van der Waals surface area contributed by atoms with E-state index in [-0.39, 0.29) is 0 Å². The number of nitrogens with zero attached hydrogens (tertiary/aromatic N) is 1. The molecule has 0 saturated carbocycles. The van der Waals surface area contributed by atoms with Crippen LogP contribution >= 0.6 is 0 Å². The van der Waals surface area contributed by atoms with Gasteiger partial charge in [0.1, 0.15) is 0 Å². The molecule has 1 rings (SSSR count). The number of hydrogen-bond donors (Lipinski definition) is 1. The molecule has 1 aromatic rings. The molecule has 0 spiro atoms. The molecule has 16 heavy (non-hydrogen) atoms. The summed E-state index contributed by atoms with van der Waals surface area (Å²) < 4.78 is 5.23. The Morgan fingerprint density at radius 1 is 1.31 bits per heavy atom. The first-order valence-electron chi connectivity index (χ1n) is 6.07. The van der Waals surface area contributed by atoms with Crippen molar-refractivity contribution < 1.29 is 4.74 Å². The van der Waals surface area contributed by atoms with Gasteiger partial charge < -0.3 is 10.1 Å². The van der Waals surface area contributed by atoms with E-state index >= 15 is 0 Å². The molecule has 0 atom stereocenters. The second-order valence-corrected chi connectivity index (χ2v) is 3.98. The Kier molecular flexibility index (Phi) is 5.68. The van der Waals surface area contributed by atoms with Crippen LogP contribution in [0.5, 0.6) is 5.88 Å². The highest BCUT2D eigenvalue weighted by Crippen LogP contribution is 2.22. The molecule has 0 fully saturated rings. The van der Waals surface area contributed by atoms with Crippen molar-refractivity contribution in [2.45, 2.75) is 45.6 Å². The van der Waals surface area contributed by atoms with Crippen molar-refractivity contribution in [3.63, 3.8) is 0 Å². The zero-order valence-corrected chi connectivity index (χ0v) is 10.5. The molecule has 0 unspecified atom stereocenters. The highest BCUT2D eigenvalue weighted by molar-refractivity contribution is 5.52. The molecule has 1 aromatic heterocycles. The molecule has 0 saturated heterocycles. The Morgan fingerprint density at radius 2 is 2.00 bits per heavy atom. The maximum atomic E-state index is 5.23. The first kappa shape index (κ1) is 12.8. The van der Waals surface area contributed by atoms with E-state index in [1.807, 2.05) is 12.1 Å². The molecule has 90 valence electrons. The van der Waals surface area contributed by atoms with Gasteiger partial charge in [-0.15, -0.1) is 0 Å². The third-order valence-electron chi connectivity index (χ3n) is 2.60. The maximum Gasteiger partial charge on any atom is 0.237 e. The Labute approximate surface area is 98.2 Å². The number of aromatic nitrogens is 1. The number of anilines is 1. The molecule has 0 amide bonds. The van der Waals surface area contributed by atoms with Crippen molar-refractivity contribution in [2.75, 3.05) is 12.4 Å². The van der Waals surface area contributed by atoms with Gasteiger partial charge in [0.2, 0.25) is 5.88 Å². The average molecular weight is 222 g/mol. The molecule has 0 radical (unpaired) electrons. The van der Waals surface area contributed by atoms with Crippen molar-refractivity contribution in [3.8, 4) is 5.88 Å². The zero-order valence-electron chi connectivity index (χ0n) is 10.5. The highest BCUT2D eigenvalue weighted by Gasteiger charge is 2.09. The number of hydrogen-bond acceptors (Lipinski definition) is 3. The third-order valence-corrected chi connectivity index (χ3v) is 2.60. The third kappa shape index (κ3) is 3.72. The lowest BCUT2D eigenvalue weighted by molar-refractivity contribution is 0.398. The fraction of sp³-hybridized carbons (Fsp3) is 0.615. The molecule has 0 aliphatic heterocycles. The number of ether oxygens (including phenoxy) is 1. The van der Waals surface area contributed by atoms with Crippen molar-refractivity contribution in [1.82, 2.24) is 4.98 Å². The van der Waals surface area contributed by atoms with E-state index in [1.54, 1.807) is 13.3 Å². The van der Waals surface area contributed by atoms with E-state index in [0.717, 1.165) is 5.69 Å². The number of pyridine rings is 1. The quantitative estimate of drug-likeness (QED) is 0.767. The fourth-order valence-corrected chi connectivity index (χ4v) is 1.87. The van der Waals surface area contributed by atoms with Crippen LogP contribution in [-0.4, -0.2) is 18.1 Å². The second-order valence-electron chi connectivity index (χ2n) is 3.98. The largest absolute Gasteiger partial charge is 0.480 e. The Bertz CT molecular complexity index is 296. The predicted octanol–water partition coefficient (Wildman–Crippen LogP) is 3.47. The van der Waals surface area contributed by atoms with Gasteiger partial charge in [0, 0.05) is 12.2 Å². The molecule has 1 heterocycles. The average Bonchev–Trinajstić information content (AvgIpc) is 2.30. The summed E-state index contributed by atoms with van der Waals surface area (Å²) in [6.07, 6.45) is 6.51. The monoisotopic (exact) mass is 222 g/mol. The summed E-state index contributed by atoms with van der Waals surface area (Å²) in [4.78, 5) is 4.19. The van der Waals surface area contributed by atoms with Crippen LogP contribution < -0.4 is 10.1 Å². The van der Waals surface area contributed by atoms with Crippen LogP contribution in [0.4, 0.5) is 5.69 Å². The molecule has 0 aliphatic carbocycles. The Hall–Kier alpha value is -1.25. The minimum atomic E-state index is 0.521. The van der Waals surface area contributed by atoms with Crippen molar-refractivity contribution in [3.05, 3.63) is 18.3 Å². The molecular weight excluding hydrogens is 200 g/mol. The number of rotatable bonds is 7. The lowest BCUT2D eigenvalue weighted by Crippen LogP contribution is -2.19. The first-order chi connectivity index (χ1) is 7.81. The van der Waals surface area contributed by atoms with Crippen molar-refractivity contribution in [1.29, 1.82) is 0 Å². The van der Waals surface area contributed by atoms with Crippen LogP contribution in [0.25, 0.3) is 0 Å². The molecule has 1 N–H and O–H groups in total. The van der Waals surface area contributed by atoms with E-state index in [2.05, 4.69) is 24.1 Å². The predicted molar refractivity (Wildman–Crippen MR) is 68.0 cm³/mol. The summed E-state index contributed by atoms with van der Waals surface area (Å²) in [7, 11) is 1.65. The van der Waals surface area contributed by atoms with E-state index < -0.39 is 0 Å². The normalized spacial score (nSPS) is 10.5. The van der Waals surface area contributed by atoms with Crippen LogP contribution in [0, 0.1) is 0 Å². The Balaban J connectivity index is 2.67. The summed E-state index contributed by atoms with van der Waals surface area (Å²) in [5.74, 6) is 0.680. The second kappa shape index (κ2) is 7.09. The van der Waals surface area contributed by atoms with Gasteiger partial charge in [-0.3, -0.25) is 0 Å². The molecular formula is C13H22N2O. The van der Waals surface area contributed by atoms with Crippen LogP contribution in [0.3, 0.4) is 0 Å². The standard InChI is InChI=1S/C13H22N2O/c1-4-7-11(8-5-2)15-12-9-6-10-14-13(12)16-3/h6,9-11,15H,4-5,7-8H2,1-3H3. The van der Waals surface area contributed by atoms with Gasteiger partial charge in [0.15, 0.2) is 0 Å². The molecule has 3 heteroatoms. The summed E-state index contributed by atoms with van der Waals surface area (Å²) >= 11 is 0. The van der Waals surface area contributed by atoms with Crippen LogP contribution in [0.15, 0.2) is 18.3 Å². The van der Waals surface area contributed by atoms with Gasteiger partial charge in [-0.1, -0.05) is 26.7 Å². The molecule has 0 bridgehead atoms. The summed E-state index contributed by atoms with van der Waals surface area (Å²) in [5, 5.41) is 3.51. The summed E-state index contributed by atoms with van der Waals surface area (Å²) in [6, 6.07) is 4.47. The summed E-state index contributed by atoms with van der Waals surface area (Å²) in [5.41, 5.74) is 0.997. The topological polar surface area (TPSA) is 34.2 Å². The van der Waals surface area contributed by atoms with E-state index in [9.17, 15) is 0 Å². The van der Waals surface area contributed by atoms with E-state index in [0.29, 0.717) is 11.9 Å². The van der Waals surface area contributed by atoms with Gasteiger partial charge in [0.25, 0.3) is 0 Å². The molecule has 3 nitrogen and oxygen atoms in total. The number of methoxy groups -OCH3 is 1. The van der Waals surface area contributed by atoms with Crippen LogP contribution in [-0.2, 0) is 0 Å². The minimum absolute atomic E-state index is 0.521. The Morgan fingerprint density at radius 3 is 2.56 bits per heavy atom. The van der Waals surface area contributed by atoms with Gasteiger partial charge in [-0.2, -0.15) is 0 Å². The smallest absolute Gasteiger partial charge is 0.237 e. The zero-order chi connectivity index (χ0) is 11.8. The molecule has 0 aliphatic rings. The van der Waals surface area contributed by atoms with Gasteiger partial charge in [-0.25, -0.2) is 4.98 Å². The lowest BCUT2D eigenvalue weighted by atomic mass is 10.1. The van der Waals surface area contributed by atoms with Gasteiger partial charge in [-0.05, 0) is 25.0 Å². The lowest BCUT2D eigenvalue weighted by Gasteiger charge is -2.19. The SMILES string of the molecule is CCCC(CCC)Nc1cccnc1OC. The van der Waals surface area contributed by atoms with Gasteiger partial charge in [0.05, 0.1) is 12.8 Å². The molecule has 0 aromatic carbocycles.